The number of benzene rings is 1. The van der Waals surface area contributed by atoms with E-state index in [-0.39, 0.29) is 19.1 Å². The van der Waals surface area contributed by atoms with E-state index in [1.54, 1.807) is 13.2 Å². The summed E-state index contributed by atoms with van der Waals surface area (Å²) in [4.78, 5) is 50.8. The van der Waals surface area contributed by atoms with E-state index in [0.29, 0.717) is 41.3 Å². The number of nitrogens with one attached hydrogen (secondary N) is 1. The highest BCUT2D eigenvalue weighted by atomic mass is 16.6. The van der Waals surface area contributed by atoms with Gasteiger partial charge >= 0.3 is 12.1 Å². The summed E-state index contributed by atoms with van der Waals surface area (Å²) in [6.45, 7) is 5.61. The summed E-state index contributed by atoms with van der Waals surface area (Å²) in [5.41, 5.74) is 1.37. The van der Waals surface area contributed by atoms with Gasteiger partial charge < -0.3 is 29.5 Å². The lowest BCUT2D eigenvalue weighted by Crippen LogP contribution is -2.57. The third-order valence-corrected chi connectivity index (χ3v) is 10.1. The number of amides is 2. The Morgan fingerprint density at radius 3 is 2.55 bits per heavy atom. The van der Waals surface area contributed by atoms with E-state index in [4.69, 9.17) is 24.2 Å². The highest BCUT2D eigenvalue weighted by Gasteiger charge is 2.51. The molecule has 2 bridgehead atoms. The lowest BCUT2D eigenvalue weighted by atomic mass is 9.75. The summed E-state index contributed by atoms with van der Waals surface area (Å²) < 4.78 is 17.9. The van der Waals surface area contributed by atoms with Crippen molar-refractivity contribution in [3.8, 4) is 11.6 Å². The summed E-state index contributed by atoms with van der Waals surface area (Å²) in [6.07, 6.45) is 6.55. The van der Waals surface area contributed by atoms with Crippen LogP contribution >= 0.6 is 0 Å². The topological polar surface area (TPSA) is 140 Å². The van der Waals surface area contributed by atoms with Crippen LogP contribution in [0.5, 0.6) is 11.6 Å². The van der Waals surface area contributed by atoms with Gasteiger partial charge in [-0.25, -0.2) is 19.6 Å². The molecule has 2 aliphatic heterocycles. The van der Waals surface area contributed by atoms with Crippen molar-refractivity contribution in [2.45, 2.75) is 103 Å². The maximum absolute atomic E-state index is 14.0. The third kappa shape index (κ3) is 6.02. The number of alkyl carbamates (subject to hydrolysis) is 1. The normalized spacial score (nSPS) is 31.3. The minimum atomic E-state index is -1.12. The molecule has 2 aliphatic carbocycles. The highest BCUT2D eigenvalue weighted by Crippen LogP contribution is 2.52. The quantitative estimate of drug-likeness (QED) is 0.495. The number of carbonyl (C=O) groups is 3. The molecule has 3 heterocycles. The maximum Gasteiger partial charge on any atom is 0.408 e. The van der Waals surface area contributed by atoms with E-state index >= 15 is 0 Å². The number of aromatic nitrogens is 2. The number of aryl methyl sites for hydroxylation is 1. The number of carbonyl (C=O) groups excluding carboxylic acids is 2. The van der Waals surface area contributed by atoms with E-state index in [9.17, 15) is 19.5 Å². The van der Waals surface area contributed by atoms with Gasteiger partial charge in [-0.1, -0.05) is 33.6 Å². The van der Waals surface area contributed by atoms with Gasteiger partial charge in [0.1, 0.15) is 35.7 Å². The second-order valence-electron chi connectivity index (χ2n) is 14.1. The number of hydrogen-bond donors (Lipinski definition) is 2. The van der Waals surface area contributed by atoms with Crippen LogP contribution in [-0.2, 0) is 20.7 Å². The first-order valence-electron chi connectivity index (χ1n) is 16.0. The van der Waals surface area contributed by atoms with Gasteiger partial charge in [0.2, 0.25) is 11.8 Å². The van der Waals surface area contributed by atoms with Crippen LogP contribution in [0.3, 0.4) is 0 Å². The first-order valence-corrected chi connectivity index (χ1v) is 16.0. The molecule has 11 nitrogen and oxygen atoms in total. The highest BCUT2D eigenvalue weighted by molar-refractivity contribution is 5.90. The number of methoxy groups -OCH3 is 1. The van der Waals surface area contributed by atoms with Gasteiger partial charge in [-0.15, -0.1) is 0 Å². The number of aliphatic carboxylic acids is 1. The molecular formula is C33H44N4O7. The zero-order valence-corrected chi connectivity index (χ0v) is 26.1. The average molecular weight is 609 g/mol. The lowest BCUT2D eigenvalue weighted by Gasteiger charge is -2.36. The molecule has 44 heavy (non-hydrogen) atoms. The maximum atomic E-state index is 14.0. The van der Waals surface area contributed by atoms with Crippen LogP contribution in [0, 0.1) is 23.2 Å². The Bertz CT molecular complexity index is 1420. The zero-order chi connectivity index (χ0) is 31.2. The molecule has 0 radical (unpaired) electrons. The Labute approximate surface area is 258 Å². The smallest absolute Gasteiger partial charge is 0.408 e. The third-order valence-electron chi connectivity index (χ3n) is 10.1. The lowest BCUT2D eigenvalue weighted by molar-refractivity contribution is -0.150. The Balaban J connectivity index is 1.34. The molecule has 11 heteroatoms. The van der Waals surface area contributed by atoms with Gasteiger partial charge in [0, 0.05) is 12.5 Å². The van der Waals surface area contributed by atoms with Crippen LogP contribution in [0.1, 0.15) is 77.8 Å². The minimum Gasteiger partial charge on any atom is -0.497 e. The molecule has 7 atom stereocenters. The molecule has 4 aliphatic rings. The minimum absolute atomic E-state index is 0.0465. The van der Waals surface area contributed by atoms with Crippen molar-refractivity contribution in [2.75, 3.05) is 13.7 Å². The summed E-state index contributed by atoms with van der Waals surface area (Å²) in [5.74, 6) is 0.687. The Morgan fingerprint density at radius 1 is 1.02 bits per heavy atom. The Morgan fingerprint density at radius 2 is 1.84 bits per heavy atom. The number of rotatable bonds is 2. The number of carboxylic acids is 1. The van der Waals surface area contributed by atoms with Crippen molar-refractivity contribution < 1.29 is 33.7 Å². The van der Waals surface area contributed by atoms with Crippen molar-refractivity contribution in [1.29, 1.82) is 0 Å². The van der Waals surface area contributed by atoms with Crippen LogP contribution < -0.4 is 14.8 Å². The Hall–Kier alpha value is -3.63. The van der Waals surface area contributed by atoms with E-state index in [1.807, 2.05) is 32.9 Å². The standard InChI is InChI=1S/C33H44N4O7/c1-33(2,3)28-30(38)37-17-21(16-26(37)31(39)40)43-29-24(34-23-13-11-20(42-4)15-25(23)35-29)9-7-5-6-8-19-14-18-10-12-22(18)27(19)44-32(41)36-28/h11,13,15,18-19,21-22,26-28H,5-10,12,14,16-17H2,1-4H3,(H,36,41)(H,39,40). The van der Waals surface area contributed by atoms with E-state index < -0.39 is 41.6 Å². The van der Waals surface area contributed by atoms with Crippen LogP contribution in [0.2, 0.25) is 0 Å². The monoisotopic (exact) mass is 608 g/mol. The molecule has 3 fully saturated rings. The van der Waals surface area contributed by atoms with Gasteiger partial charge in [-0.2, -0.15) is 0 Å². The number of ether oxygens (including phenoxy) is 3. The zero-order valence-electron chi connectivity index (χ0n) is 26.1. The van der Waals surface area contributed by atoms with Gasteiger partial charge in [-0.05, 0) is 73.8 Å². The number of fused-ring (bicyclic) bond motifs is 7. The van der Waals surface area contributed by atoms with E-state index in [1.165, 1.54) is 11.3 Å². The van der Waals surface area contributed by atoms with Crippen LogP contribution in [-0.4, -0.2) is 75.9 Å². The molecule has 7 unspecified atom stereocenters. The fourth-order valence-corrected chi connectivity index (χ4v) is 7.58. The molecule has 6 rings (SSSR count). The second kappa shape index (κ2) is 12.0. The SMILES string of the molecule is COc1ccc2nc3c(nc2c1)OC1CC(C(=O)O)N(C1)C(=O)C(C(C)(C)C)NC(=O)OC1C(CCCCC3)CC2CCC21. The van der Waals surface area contributed by atoms with Gasteiger partial charge in [-0.3, -0.25) is 4.79 Å². The molecule has 2 amide bonds. The van der Waals surface area contributed by atoms with Crippen molar-refractivity contribution in [1.82, 2.24) is 20.2 Å². The number of nitrogens with zero attached hydrogens (tertiary/aromatic N) is 3. The molecule has 1 saturated heterocycles. The fraction of sp³-hybridized carbons (Fsp3) is 0.667. The molecule has 1 aromatic heterocycles. The Kier molecular flexibility index (Phi) is 8.32. The van der Waals surface area contributed by atoms with Gasteiger partial charge in [0.25, 0.3) is 0 Å². The fourth-order valence-electron chi connectivity index (χ4n) is 7.58. The summed E-state index contributed by atoms with van der Waals surface area (Å²) >= 11 is 0. The molecule has 2 aromatic rings. The predicted molar refractivity (Wildman–Crippen MR) is 161 cm³/mol. The molecular weight excluding hydrogens is 564 g/mol. The first kappa shape index (κ1) is 30.4. The molecule has 2 saturated carbocycles. The summed E-state index contributed by atoms with van der Waals surface area (Å²) in [5, 5.41) is 13.0. The average Bonchev–Trinajstić information content (AvgIpc) is 3.48. The molecule has 238 valence electrons. The van der Waals surface area contributed by atoms with Crippen molar-refractivity contribution in [3.63, 3.8) is 0 Å². The van der Waals surface area contributed by atoms with E-state index in [0.717, 1.165) is 49.7 Å². The number of carboxylic acid groups (broad SMARTS) is 1. The van der Waals surface area contributed by atoms with Crippen LogP contribution in [0.4, 0.5) is 4.79 Å². The summed E-state index contributed by atoms with van der Waals surface area (Å²) in [7, 11) is 1.59. The molecule has 0 spiro atoms. The van der Waals surface area contributed by atoms with Gasteiger partial charge in [0.05, 0.1) is 24.7 Å². The first-order chi connectivity index (χ1) is 21.0. The predicted octanol–water partition coefficient (Wildman–Crippen LogP) is 4.74. The molecule has 2 N–H and O–H groups in total. The van der Waals surface area contributed by atoms with Gasteiger partial charge in [0.15, 0.2) is 0 Å². The van der Waals surface area contributed by atoms with Crippen molar-refractivity contribution in [2.24, 2.45) is 23.2 Å². The van der Waals surface area contributed by atoms with Crippen LogP contribution in [0.25, 0.3) is 11.0 Å². The number of hydrogen-bond acceptors (Lipinski definition) is 8. The second-order valence-corrected chi connectivity index (χ2v) is 14.1. The van der Waals surface area contributed by atoms with E-state index in [2.05, 4.69) is 5.32 Å². The summed E-state index contributed by atoms with van der Waals surface area (Å²) in [6, 6.07) is 3.44. The van der Waals surface area contributed by atoms with Crippen molar-refractivity contribution in [3.05, 3.63) is 23.9 Å². The van der Waals surface area contributed by atoms with Crippen LogP contribution in [0.15, 0.2) is 18.2 Å². The van der Waals surface area contributed by atoms with Crippen molar-refractivity contribution >= 4 is 29.0 Å². The molecule has 1 aromatic carbocycles. The largest absolute Gasteiger partial charge is 0.497 e.